The first kappa shape index (κ1) is 23.0. The molecule has 1 aliphatic heterocycles. The second-order valence-electron chi connectivity index (χ2n) is 8.43. The molecule has 0 spiro atoms. The van der Waals surface area contributed by atoms with Crippen molar-refractivity contribution >= 4 is 45.1 Å². The summed E-state index contributed by atoms with van der Waals surface area (Å²) in [6.07, 6.45) is 4.70. The van der Waals surface area contributed by atoms with Crippen LogP contribution in [0.4, 0.5) is 14.9 Å². The zero-order valence-electron chi connectivity index (χ0n) is 18.9. The largest absolute Gasteiger partial charge is 0.467 e. The van der Waals surface area contributed by atoms with Gasteiger partial charge in [-0.2, -0.15) is 0 Å². The Labute approximate surface area is 204 Å². The van der Waals surface area contributed by atoms with Gasteiger partial charge >= 0.3 is 12.0 Å². The predicted octanol–water partition coefficient (Wildman–Crippen LogP) is 4.29. The summed E-state index contributed by atoms with van der Waals surface area (Å²) in [5.41, 5.74) is 0.836. The van der Waals surface area contributed by atoms with Gasteiger partial charge in [0.2, 0.25) is 0 Å². The first-order valence-electron chi connectivity index (χ1n) is 11.2. The Bertz CT molecular complexity index is 1310. The van der Waals surface area contributed by atoms with Gasteiger partial charge in [0, 0.05) is 36.6 Å². The van der Waals surface area contributed by atoms with Crippen molar-refractivity contribution in [3.63, 3.8) is 0 Å². The first-order chi connectivity index (χ1) is 16.9. The number of carbonyl (C=O) groups is 3. The number of amides is 3. The zero-order chi connectivity index (χ0) is 24.5. The molecule has 1 saturated heterocycles. The van der Waals surface area contributed by atoms with Crippen LogP contribution in [0.2, 0.25) is 0 Å². The van der Waals surface area contributed by atoms with Crippen molar-refractivity contribution in [1.82, 2.24) is 15.2 Å². The molecule has 1 saturated carbocycles. The monoisotopic (exact) mass is 498 g/mol. The number of benzene rings is 1. The fourth-order valence-electron chi connectivity index (χ4n) is 3.99. The average molecular weight is 499 g/mol. The summed E-state index contributed by atoms with van der Waals surface area (Å²) in [5, 5.41) is 5.38. The Morgan fingerprint density at radius 3 is 2.71 bits per heavy atom. The van der Waals surface area contributed by atoms with E-state index in [0.29, 0.717) is 39.5 Å². The number of fused-ring (bicyclic) bond motifs is 1. The maximum absolute atomic E-state index is 14.7. The van der Waals surface area contributed by atoms with E-state index in [9.17, 15) is 18.8 Å². The lowest BCUT2D eigenvalue weighted by Gasteiger charge is -2.21. The quantitative estimate of drug-likeness (QED) is 0.491. The van der Waals surface area contributed by atoms with Crippen molar-refractivity contribution < 1.29 is 28.2 Å². The molecule has 2 aromatic heterocycles. The van der Waals surface area contributed by atoms with Crippen LogP contribution in [0.15, 0.2) is 36.5 Å². The van der Waals surface area contributed by atoms with Crippen molar-refractivity contribution in [3.8, 4) is 11.5 Å². The highest BCUT2D eigenvalue weighted by Crippen LogP contribution is 2.37. The lowest BCUT2D eigenvalue weighted by atomic mass is 10.2. The number of pyridine rings is 1. The molecule has 1 aliphatic carbocycles. The number of halogens is 1. The number of hydrogen-bond acceptors (Lipinski definition) is 7. The normalized spacial score (nSPS) is 17.3. The van der Waals surface area contributed by atoms with E-state index in [1.54, 1.807) is 18.2 Å². The van der Waals surface area contributed by atoms with Gasteiger partial charge in [-0.05, 0) is 43.9 Å². The fraction of sp³-hybridized carbons (Fsp3) is 0.333. The molecular formula is C24H23FN4O5S. The van der Waals surface area contributed by atoms with Gasteiger partial charge in [-0.1, -0.05) is 0 Å². The second-order valence-corrected chi connectivity index (χ2v) is 9.49. The van der Waals surface area contributed by atoms with Gasteiger partial charge in [0.15, 0.2) is 11.6 Å². The van der Waals surface area contributed by atoms with E-state index in [1.165, 1.54) is 41.7 Å². The number of methoxy groups -OCH3 is 1. The highest BCUT2D eigenvalue weighted by molar-refractivity contribution is 7.21. The molecule has 2 N–H and O–H groups in total. The number of anilines is 1. The minimum atomic E-state index is -0.648. The Kier molecular flexibility index (Phi) is 6.25. The molecule has 1 aromatic carbocycles. The van der Waals surface area contributed by atoms with E-state index in [-0.39, 0.29) is 23.7 Å². The highest BCUT2D eigenvalue weighted by Gasteiger charge is 2.36. The van der Waals surface area contributed by atoms with E-state index in [4.69, 9.17) is 9.47 Å². The van der Waals surface area contributed by atoms with Crippen molar-refractivity contribution in [2.75, 3.05) is 19.0 Å². The van der Waals surface area contributed by atoms with E-state index >= 15 is 0 Å². The molecule has 3 aromatic rings. The molecule has 0 bridgehead atoms. The zero-order valence-corrected chi connectivity index (χ0v) is 19.7. The molecule has 11 heteroatoms. The van der Waals surface area contributed by atoms with Crippen molar-refractivity contribution in [2.24, 2.45) is 0 Å². The molecule has 0 unspecified atom stereocenters. The lowest BCUT2D eigenvalue weighted by molar-refractivity contribution is -0.145. The number of nitrogens with one attached hydrogen (secondary N) is 2. The Hall–Kier alpha value is -3.73. The van der Waals surface area contributed by atoms with Crippen LogP contribution in [0, 0.1) is 5.82 Å². The molecule has 3 amide bonds. The van der Waals surface area contributed by atoms with E-state index < -0.39 is 17.8 Å². The number of rotatable bonds is 6. The number of urea groups is 1. The number of esters is 1. The Balaban J connectivity index is 1.34. The summed E-state index contributed by atoms with van der Waals surface area (Å²) in [7, 11) is 1.31. The minimum absolute atomic E-state index is 0.0303. The van der Waals surface area contributed by atoms with Crippen LogP contribution < -0.4 is 15.4 Å². The van der Waals surface area contributed by atoms with Gasteiger partial charge in [0.25, 0.3) is 5.91 Å². The van der Waals surface area contributed by atoms with Crippen LogP contribution >= 0.6 is 11.3 Å². The third kappa shape index (κ3) is 4.90. The topological polar surface area (TPSA) is 110 Å². The van der Waals surface area contributed by atoms with Crippen LogP contribution in [-0.4, -0.2) is 53.5 Å². The number of nitrogens with zero attached hydrogens (tertiary/aromatic N) is 2. The highest BCUT2D eigenvalue weighted by atomic mass is 32.1. The van der Waals surface area contributed by atoms with Crippen molar-refractivity contribution in [2.45, 2.75) is 37.8 Å². The van der Waals surface area contributed by atoms with Gasteiger partial charge in [0.05, 0.1) is 22.2 Å². The molecule has 182 valence electrons. The predicted molar refractivity (Wildman–Crippen MR) is 127 cm³/mol. The van der Waals surface area contributed by atoms with E-state index in [1.807, 2.05) is 0 Å². The van der Waals surface area contributed by atoms with Crippen LogP contribution in [-0.2, 0) is 9.53 Å². The third-order valence-corrected chi connectivity index (χ3v) is 7.02. The maximum Gasteiger partial charge on any atom is 0.328 e. The standard InChI is InChI=1S/C24H23FN4O5S/c1-33-23(31)17-3-2-10-29(17)22(30)20-12-16-21(35-20)19(8-9-26-16)34-18-7-6-14(11-15(18)25)28-24(32)27-13-4-5-13/h6-9,11-13,17H,2-5,10H2,1H3,(H2,27,28,32)/t17-/m0/s1. The van der Waals surface area contributed by atoms with E-state index in [2.05, 4.69) is 15.6 Å². The molecule has 5 rings (SSSR count). The SMILES string of the molecule is COC(=O)[C@@H]1CCCN1C(=O)c1cc2nccc(Oc3ccc(NC(=O)NC4CC4)cc3F)c2s1. The van der Waals surface area contributed by atoms with Crippen molar-refractivity contribution in [1.29, 1.82) is 0 Å². The number of carbonyl (C=O) groups excluding carboxylic acids is 3. The molecular weight excluding hydrogens is 475 g/mol. The number of ether oxygens (including phenoxy) is 2. The molecule has 1 atom stereocenters. The summed E-state index contributed by atoms with van der Waals surface area (Å²) < 4.78 is 26.0. The number of likely N-dealkylation sites (tertiary alicyclic amines) is 1. The molecule has 35 heavy (non-hydrogen) atoms. The Morgan fingerprint density at radius 2 is 1.97 bits per heavy atom. The molecule has 0 radical (unpaired) electrons. The summed E-state index contributed by atoms with van der Waals surface area (Å²) in [6, 6.07) is 6.61. The van der Waals surface area contributed by atoms with Crippen LogP contribution in [0.5, 0.6) is 11.5 Å². The smallest absolute Gasteiger partial charge is 0.328 e. The van der Waals surface area contributed by atoms with Gasteiger partial charge in [0.1, 0.15) is 11.8 Å². The summed E-state index contributed by atoms with van der Waals surface area (Å²) in [5.74, 6) is -1.05. The number of hydrogen-bond donors (Lipinski definition) is 2. The number of aromatic nitrogens is 1. The maximum atomic E-state index is 14.7. The second kappa shape index (κ2) is 9.49. The minimum Gasteiger partial charge on any atom is -0.467 e. The average Bonchev–Trinajstić information content (AvgIpc) is 3.33. The molecule has 3 heterocycles. The van der Waals surface area contributed by atoms with Gasteiger partial charge < -0.3 is 25.0 Å². The van der Waals surface area contributed by atoms with Gasteiger partial charge in [-0.3, -0.25) is 9.78 Å². The van der Waals surface area contributed by atoms with Crippen molar-refractivity contribution in [3.05, 3.63) is 47.2 Å². The first-order valence-corrected chi connectivity index (χ1v) is 12.1. The number of thiophene rings is 1. The fourth-order valence-corrected chi connectivity index (χ4v) is 5.01. The van der Waals surface area contributed by atoms with Gasteiger partial charge in [-0.15, -0.1) is 11.3 Å². The van der Waals surface area contributed by atoms with Crippen LogP contribution in [0.25, 0.3) is 10.2 Å². The summed E-state index contributed by atoms with van der Waals surface area (Å²) in [4.78, 5) is 43.3. The molecule has 2 fully saturated rings. The van der Waals surface area contributed by atoms with E-state index in [0.717, 1.165) is 19.3 Å². The summed E-state index contributed by atoms with van der Waals surface area (Å²) in [6.45, 7) is 0.466. The lowest BCUT2D eigenvalue weighted by Crippen LogP contribution is -2.40. The molecule has 9 nitrogen and oxygen atoms in total. The third-order valence-electron chi connectivity index (χ3n) is 5.90. The summed E-state index contributed by atoms with van der Waals surface area (Å²) >= 11 is 1.17. The van der Waals surface area contributed by atoms with Crippen LogP contribution in [0.1, 0.15) is 35.4 Å². The molecule has 2 aliphatic rings. The van der Waals surface area contributed by atoms with Gasteiger partial charge in [-0.25, -0.2) is 14.0 Å². The van der Waals surface area contributed by atoms with Crippen LogP contribution in [0.3, 0.4) is 0 Å². The Morgan fingerprint density at radius 1 is 1.14 bits per heavy atom.